The van der Waals surface area contributed by atoms with Crippen molar-refractivity contribution in [1.82, 2.24) is 9.97 Å². The van der Waals surface area contributed by atoms with Gasteiger partial charge in [-0.25, -0.2) is 13.8 Å². The Labute approximate surface area is 140 Å². The summed E-state index contributed by atoms with van der Waals surface area (Å²) in [6, 6.07) is 11.4. The first-order chi connectivity index (χ1) is 11.5. The molecule has 3 aromatic rings. The predicted molar refractivity (Wildman–Crippen MR) is 88.9 cm³/mol. The summed E-state index contributed by atoms with van der Waals surface area (Å²) in [6.07, 6.45) is -1.35. The number of rotatable bonds is 5. The van der Waals surface area contributed by atoms with Crippen molar-refractivity contribution in [2.75, 3.05) is 11.1 Å². The van der Waals surface area contributed by atoms with Crippen LogP contribution in [0.2, 0.25) is 0 Å². The highest BCUT2D eigenvalue weighted by Crippen LogP contribution is 2.29. The van der Waals surface area contributed by atoms with Crippen molar-refractivity contribution in [2.45, 2.75) is 6.43 Å². The molecule has 0 aliphatic rings. The first-order valence-electron chi connectivity index (χ1n) is 6.92. The van der Waals surface area contributed by atoms with Crippen LogP contribution >= 0.6 is 11.3 Å². The lowest BCUT2D eigenvalue weighted by Gasteiger charge is -2.03. The van der Waals surface area contributed by atoms with E-state index >= 15 is 0 Å². The molecule has 3 N–H and O–H groups in total. The number of pyridine rings is 1. The number of nitrogens with zero attached hydrogens (tertiary/aromatic N) is 2. The van der Waals surface area contributed by atoms with Gasteiger partial charge in [0.1, 0.15) is 16.4 Å². The third-order valence-corrected chi connectivity index (χ3v) is 4.14. The van der Waals surface area contributed by atoms with E-state index in [4.69, 9.17) is 5.73 Å². The smallest absolute Gasteiger partial charge is 0.280 e. The van der Waals surface area contributed by atoms with Gasteiger partial charge in [0.15, 0.2) is 5.13 Å². The summed E-state index contributed by atoms with van der Waals surface area (Å²) in [7, 11) is 0. The van der Waals surface area contributed by atoms with Gasteiger partial charge in [0.05, 0.1) is 11.9 Å². The maximum Gasteiger partial charge on any atom is 0.280 e. The van der Waals surface area contributed by atoms with Gasteiger partial charge < -0.3 is 11.1 Å². The molecule has 0 bridgehead atoms. The maximum absolute atomic E-state index is 12.5. The molecule has 0 saturated carbocycles. The van der Waals surface area contributed by atoms with Crippen molar-refractivity contribution in [2.24, 2.45) is 0 Å². The molecule has 0 atom stereocenters. The third-order valence-electron chi connectivity index (χ3n) is 3.16. The number of nitrogen functional groups attached to an aromatic ring is 1. The van der Waals surface area contributed by atoms with Crippen molar-refractivity contribution < 1.29 is 13.6 Å². The summed E-state index contributed by atoms with van der Waals surface area (Å²) in [5, 5.41) is 3.29. The summed E-state index contributed by atoms with van der Waals surface area (Å²) in [4.78, 5) is 20.5. The first-order valence-corrected chi connectivity index (χ1v) is 7.73. The van der Waals surface area contributed by atoms with Gasteiger partial charge in [-0.1, -0.05) is 41.7 Å². The summed E-state index contributed by atoms with van der Waals surface area (Å²) in [5.74, 6) is -0.0988. The number of benzene rings is 1. The Kier molecular flexibility index (Phi) is 4.48. The number of hydrogen-bond donors (Lipinski definition) is 2. The number of hydrogen-bond acceptors (Lipinski definition) is 6. The van der Waals surface area contributed by atoms with E-state index in [-0.39, 0.29) is 17.3 Å². The highest BCUT2D eigenvalue weighted by Gasteiger charge is 2.18. The Balaban J connectivity index is 1.80. The van der Waals surface area contributed by atoms with E-state index in [9.17, 15) is 13.6 Å². The summed E-state index contributed by atoms with van der Waals surface area (Å²) < 4.78 is 25.0. The zero-order valence-corrected chi connectivity index (χ0v) is 13.1. The lowest BCUT2D eigenvalue weighted by atomic mass is 10.1. The first kappa shape index (κ1) is 16.0. The van der Waals surface area contributed by atoms with Crippen LogP contribution in [0.25, 0.3) is 0 Å². The van der Waals surface area contributed by atoms with Crippen LogP contribution in [0.15, 0.2) is 48.7 Å². The summed E-state index contributed by atoms with van der Waals surface area (Å²) in [6.45, 7) is 0. The Hall–Kier alpha value is -2.87. The van der Waals surface area contributed by atoms with Gasteiger partial charge in [0, 0.05) is 5.56 Å². The Bertz CT molecular complexity index is 850. The number of alkyl halides is 2. The van der Waals surface area contributed by atoms with Gasteiger partial charge in [0.25, 0.3) is 6.43 Å². The van der Waals surface area contributed by atoms with Crippen LogP contribution in [0, 0.1) is 0 Å². The van der Waals surface area contributed by atoms with E-state index < -0.39 is 6.43 Å². The molecule has 0 spiro atoms. The van der Waals surface area contributed by atoms with Crippen molar-refractivity contribution in [3.8, 4) is 0 Å². The SMILES string of the molecule is Nc1nc(Nc2ccc(C(F)F)nc2)sc1C(=O)c1ccccc1. The second kappa shape index (κ2) is 6.71. The van der Waals surface area contributed by atoms with Crippen LogP contribution in [0.5, 0.6) is 0 Å². The van der Waals surface area contributed by atoms with Crippen LogP contribution in [0.1, 0.15) is 27.4 Å². The number of halogens is 2. The molecule has 2 aromatic heterocycles. The fourth-order valence-electron chi connectivity index (χ4n) is 2.00. The minimum absolute atomic E-state index is 0.119. The molecular weight excluding hydrogens is 334 g/mol. The molecule has 2 heterocycles. The van der Waals surface area contributed by atoms with Gasteiger partial charge in [-0.05, 0) is 12.1 Å². The minimum atomic E-state index is -2.62. The second-order valence-corrected chi connectivity index (χ2v) is 5.83. The second-order valence-electron chi connectivity index (χ2n) is 4.83. The predicted octanol–water partition coefficient (Wildman–Crippen LogP) is 4.03. The highest BCUT2D eigenvalue weighted by atomic mass is 32.1. The molecule has 8 heteroatoms. The van der Waals surface area contributed by atoms with Crippen LogP contribution in [0.3, 0.4) is 0 Å². The van der Waals surface area contributed by atoms with Crippen LogP contribution in [0.4, 0.5) is 25.4 Å². The largest absolute Gasteiger partial charge is 0.382 e. The van der Waals surface area contributed by atoms with Gasteiger partial charge in [0.2, 0.25) is 5.78 Å². The molecule has 0 amide bonds. The molecule has 1 aromatic carbocycles. The topological polar surface area (TPSA) is 80.9 Å². The number of thiazole rings is 1. The molecule has 24 heavy (non-hydrogen) atoms. The molecular formula is C16H12F2N4OS. The van der Waals surface area contributed by atoms with E-state index in [0.717, 1.165) is 11.3 Å². The molecule has 0 radical (unpaired) electrons. The lowest BCUT2D eigenvalue weighted by Crippen LogP contribution is -2.02. The van der Waals surface area contributed by atoms with Crippen molar-refractivity contribution in [3.63, 3.8) is 0 Å². The fraction of sp³-hybridized carbons (Fsp3) is 0.0625. The Morgan fingerprint density at radius 2 is 1.92 bits per heavy atom. The van der Waals surface area contributed by atoms with Gasteiger partial charge in [-0.15, -0.1) is 0 Å². The molecule has 0 unspecified atom stereocenters. The fourth-order valence-corrected chi connectivity index (χ4v) is 2.87. The Morgan fingerprint density at radius 1 is 1.17 bits per heavy atom. The molecule has 122 valence electrons. The number of ketones is 1. The molecule has 0 saturated heterocycles. The van der Waals surface area contributed by atoms with Gasteiger partial charge >= 0.3 is 0 Å². The van der Waals surface area contributed by atoms with Crippen molar-refractivity contribution >= 4 is 33.8 Å². The zero-order valence-electron chi connectivity index (χ0n) is 12.2. The Morgan fingerprint density at radius 3 is 2.54 bits per heavy atom. The van der Waals surface area contributed by atoms with E-state index in [0.29, 0.717) is 21.3 Å². The van der Waals surface area contributed by atoms with Crippen LogP contribution < -0.4 is 11.1 Å². The molecule has 0 aliphatic heterocycles. The van der Waals surface area contributed by atoms with Crippen molar-refractivity contribution in [3.05, 3.63) is 64.8 Å². The molecule has 3 rings (SSSR count). The van der Waals surface area contributed by atoms with E-state index in [1.165, 1.54) is 18.3 Å². The van der Waals surface area contributed by atoms with Crippen molar-refractivity contribution in [1.29, 1.82) is 0 Å². The zero-order chi connectivity index (χ0) is 17.1. The normalized spacial score (nSPS) is 10.8. The highest BCUT2D eigenvalue weighted by molar-refractivity contribution is 7.18. The van der Waals surface area contributed by atoms with Gasteiger partial charge in [-0.3, -0.25) is 9.78 Å². The monoisotopic (exact) mass is 346 g/mol. The van der Waals surface area contributed by atoms with Gasteiger partial charge in [-0.2, -0.15) is 0 Å². The average Bonchev–Trinajstić information content (AvgIpc) is 2.95. The quantitative estimate of drug-likeness (QED) is 0.682. The third kappa shape index (κ3) is 3.38. The lowest BCUT2D eigenvalue weighted by molar-refractivity contribution is 0.104. The van der Waals surface area contributed by atoms with E-state index in [1.54, 1.807) is 24.3 Å². The summed E-state index contributed by atoms with van der Waals surface area (Å²) in [5.41, 5.74) is 6.51. The van der Waals surface area contributed by atoms with E-state index in [2.05, 4.69) is 15.3 Å². The number of anilines is 3. The standard InChI is InChI=1S/C16H12F2N4OS/c17-14(18)11-7-6-10(8-20-11)21-16-22-15(19)13(24-16)12(23)9-4-2-1-3-5-9/h1-8,14H,19H2,(H,21,22). The summed E-state index contributed by atoms with van der Waals surface area (Å²) >= 11 is 1.10. The number of carbonyl (C=O) groups is 1. The molecule has 0 aliphatic carbocycles. The average molecular weight is 346 g/mol. The number of nitrogens with one attached hydrogen (secondary N) is 1. The minimum Gasteiger partial charge on any atom is -0.382 e. The number of nitrogens with two attached hydrogens (primary N) is 1. The molecule has 5 nitrogen and oxygen atoms in total. The number of aromatic nitrogens is 2. The van der Waals surface area contributed by atoms with E-state index in [1.807, 2.05) is 6.07 Å². The van der Waals surface area contributed by atoms with Crippen LogP contribution in [-0.2, 0) is 0 Å². The van der Waals surface area contributed by atoms with Crippen LogP contribution in [-0.4, -0.2) is 15.8 Å². The molecule has 0 fully saturated rings. The maximum atomic E-state index is 12.5. The number of carbonyl (C=O) groups excluding carboxylic acids is 1.